The number of nitrogens with zero attached hydrogens (tertiary/aromatic N) is 2. The summed E-state index contributed by atoms with van der Waals surface area (Å²) < 4.78 is 0. The second-order valence-corrected chi connectivity index (χ2v) is 8.43. The Morgan fingerprint density at radius 2 is 0.971 bits per heavy atom. The van der Waals surface area contributed by atoms with E-state index in [4.69, 9.17) is 0 Å². The van der Waals surface area contributed by atoms with Crippen LogP contribution in [0.15, 0.2) is 36.4 Å². The molecule has 2 aliphatic rings. The normalized spacial score (nSPS) is 14.3. The van der Waals surface area contributed by atoms with Crippen LogP contribution in [0.3, 0.4) is 0 Å². The molecule has 2 heterocycles. The van der Waals surface area contributed by atoms with Crippen LogP contribution in [0.2, 0.25) is 0 Å². The Labute approximate surface area is 201 Å². The van der Waals surface area contributed by atoms with Gasteiger partial charge in [0.05, 0.1) is 22.3 Å². The average Bonchev–Trinajstić information content (AvgIpc) is 3.22. The van der Waals surface area contributed by atoms with E-state index in [2.05, 4.69) is 10.6 Å². The molecule has 2 aliphatic heterocycles. The Hall–Kier alpha value is -4.34. The third-order valence-electron chi connectivity index (χ3n) is 6.13. The molecule has 0 atom stereocenters. The highest BCUT2D eigenvalue weighted by molar-refractivity contribution is 6.22. The fraction of sp³-hybridized carbons (Fsp3) is 0.280. The molecule has 10 nitrogen and oxygen atoms in total. The summed E-state index contributed by atoms with van der Waals surface area (Å²) in [5.74, 6) is -2.26. The van der Waals surface area contributed by atoms with E-state index >= 15 is 0 Å². The van der Waals surface area contributed by atoms with Crippen LogP contribution in [-0.4, -0.2) is 72.4 Å². The topological polar surface area (TPSA) is 133 Å². The lowest BCUT2D eigenvalue weighted by molar-refractivity contribution is 0.0677. The Balaban J connectivity index is 1.18. The van der Waals surface area contributed by atoms with Crippen molar-refractivity contribution in [2.24, 2.45) is 0 Å². The van der Waals surface area contributed by atoms with Gasteiger partial charge in [0.1, 0.15) is 0 Å². The lowest BCUT2D eigenvalue weighted by Gasteiger charge is -2.08. The fourth-order valence-electron chi connectivity index (χ4n) is 4.04. The first-order chi connectivity index (χ1) is 16.7. The Morgan fingerprint density at radius 3 is 1.37 bits per heavy atom. The van der Waals surface area contributed by atoms with Gasteiger partial charge in [0.2, 0.25) is 0 Å². The van der Waals surface area contributed by atoms with Crippen molar-refractivity contribution in [2.75, 3.05) is 27.2 Å². The van der Waals surface area contributed by atoms with Crippen molar-refractivity contribution < 1.29 is 28.8 Å². The molecule has 2 aromatic rings. The number of fused-ring (bicyclic) bond motifs is 2. The van der Waals surface area contributed by atoms with Crippen molar-refractivity contribution in [1.29, 1.82) is 0 Å². The lowest BCUT2D eigenvalue weighted by Crippen LogP contribution is -2.26. The zero-order valence-corrected chi connectivity index (χ0v) is 19.3. The Bertz CT molecular complexity index is 1190. The SMILES string of the molecule is CN1C(=O)c2ccc(C(=O)NCCCCCNC(=O)c3ccc4c(c3)C(=O)N(C)C4=O)cc2C1=O. The van der Waals surface area contributed by atoms with Gasteiger partial charge in [-0.3, -0.25) is 38.6 Å². The van der Waals surface area contributed by atoms with Crippen LogP contribution >= 0.6 is 0 Å². The number of unbranched alkanes of at least 4 members (excludes halogenated alkanes) is 2. The van der Waals surface area contributed by atoms with Gasteiger partial charge in [-0.2, -0.15) is 0 Å². The number of imide groups is 2. The van der Waals surface area contributed by atoms with Gasteiger partial charge in [0, 0.05) is 38.3 Å². The molecule has 0 unspecified atom stereocenters. The minimum atomic E-state index is -0.422. The lowest BCUT2D eigenvalue weighted by atomic mass is 10.1. The van der Waals surface area contributed by atoms with Gasteiger partial charge < -0.3 is 10.6 Å². The Morgan fingerprint density at radius 1 is 0.600 bits per heavy atom. The van der Waals surface area contributed by atoms with E-state index in [1.165, 1.54) is 50.5 Å². The van der Waals surface area contributed by atoms with Gasteiger partial charge in [0.25, 0.3) is 35.4 Å². The molecule has 0 aliphatic carbocycles. The first kappa shape index (κ1) is 23.8. The van der Waals surface area contributed by atoms with Gasteiger partial charge in [-0.15, -0.1) is 0 Å². The molecule has 4 rings (SSSR count). The molecule has 0 bridgehead atoms. The van der Waals surface area contributed by atoms with Crippen LogP contribution in [0.5, 0.6) is 0 Å². The highest BCUT2D eigenvalue weighted by atomic mass is 16.2. The maximum Gasteiger partial charge on any atom is 0.261 e. The second kappa shape index (κ2) is 9.49. The largest absolute Gasteiger partial charge is 0.352 e. The predicted octanol–water partition coefficient (Wildman–Crippen LogP) is 1.47. The van der Waals surface area contributed by atoms with Gasteiger partial charge in [-0.05, 0) is 55.7 Å². The first-order valence-electron chi connectivity index (χ1n) is 11.2. The van der Waals surface area contributed by atoms with Crippen molar-refractivity contribution in [3.63, 3.8) is 0 Å². The number of rotatable bonds is 8. The molecule has 2 N–H and O–H groups in total. The summed E-state index contributed by atoms with van der Waals surface area (Å²) in [4.78, 5) is 74.8. The van der Waals surface area contributed by atoms with E-state index in [1.807, 2.05) is 0 Å². The molecular formula is C25H24N4O6. The molecular weight excluding hydrogens is 452 g/mol. The minimum Gasteiger partial charge on any atom is -0.352 e. The molecule has 0 saturated heterocycles. The summed E-state index contributed by atoms with van der Waals surface area (Å²) in [7, 11) is 2.81. The monoisotopic (exact) mass is 476 g/mol. The van der Waals surface area contributed by atoms with Crippen LogP contribution in [-0.2, 0) is 0 Å². The summed E-state index contributed by atoms with van der Waals surface area (Å²) in [5.41, 5.74) is 1.67. The highest BCUT2D eigenvalue weighted by Gasteiger charge is 2.34. The molecule has 6 amide bonds. The molecule has 35 heavy (non-hydrogen) atoms. The highest BCUT2D eigenvalue weighted by Crippen LogP contribution is 2.23. The number of hydrogen-bond acceptors (Lipinski definition) is 6. The minimum absolute atomic E-state index is 0.229. The third-order valence-corrected chi connectivity index (χ3v) is 6.13. The van der Waals surface area contributed by atoms with Crippen molar-refractivity contribution in [1.82, 2.24) is 20.4 Å². The number of nitrogens with one attached hydrogen (secondary N) is 2. The van der Waals surface area contributed by atoms with Crippen LogP contribution in [0.25, 0.3) is 0 Å². The standard InChI is InChI=1S/C25H24N4O6/c1-28-22(32)16-8-6-14(12-18(16)24(28)34)20(30)26-10-4-3-5-11-27-21(31)15-7-9-17-19(13-15)25(35)29(2)23(17)33/h6-9,12-13H,3-5,10-11H2,1-2H3,(H,26,30)(H,27,31). The van der Waals surface area contributed by atoms with Gasteiger partial charge >= 0.3 is 0 Å². The number of carbonyl (C=O) groups excluding carboxylic acids is 6. The fourth-order valence-corrected chi connectivity index (χ4v) is 4.04. The zero-order valence-electron chi connectivity index (χ0n) is 19.3. The summed E-state index contributed by atoms with van der Waals surface area (Å²) >= 11 is 0. The number of benzene rings is 2. The summed E-state index contributed by atoms with van der Waals surface area (Å²) in [5, 5.41) is 5.58. The molecule has 0 spiro atoms. The van der Waals surface area contributed by atoms with Gasteiger partial charge in [0.15, 0.2) is 0 Å². The van der Waals surface area contributed by atoms with Crippen molar-refractivity contribution >= 4 is 35.4 Å². The van der Waals surface area contributed by atoms with Crippen molar-refractivity contribution in [3.8, 4) is 0 Å². The predicted molar refractivity (Wildman–Crippen MR) is 124 cm³/mol. The summed E-state index contributed by atoms with van der Waals surface area (Å²) in [6.45, 7) is 0.844. The average molecular weight is 476 g/mol. The molecule has 10 heteroatoms. The first-order valence-corrected chi connectivity index (χ1v) is 11.2. The smallest absolute Gasteiger partial charge is 0.261 e. The van der Waals surface area contributed by atoms with Crippen LogP contribution in [0.1, 0.15) is 81.4 Å². The van der Waals surface area contributed by atoms with E-state index in [-0.39, 0.29) is 34.8 Å². The molecule has 0 fully saturated rings. The van der Waals surface area contributed by atoms with Crippen LogP contribution < -0.4 is 10.6 Å². The van der Waals surface area contributed by atoms with Crippen molar-refractivity contribution in [3.05, 3.63) is 69.8 Å². The van der Waals surface area contributed by atoms with E-state index in [0.717, 1.165) is 16.2 Å². The van der Waals surface area contributed by atoms with E-state index < -0.39 is 11.8 Å². The summed E-state index contributed by atoms with van der Waals surface area (Å²) in [6.07, 6.45) is 2.13. The molecule has 0 aromatic heterocycles. The molecule has 0 saturated carbocycles. The van der Waals surface area contributed by atoms with E-state index in [0.29, 0.717) is 48.2 Å². The van der Waals surface area contributed by atoms with Gasteiger partial charge in [-0.1, -0.05) is 0 Å². The third kappa shape index (κ3) is 4.42. The zero-order chi connectivity index (χ0) is 25.3. The molecule has 0 radical (unpaired) electrons. The number of amides is 6. The Kier molecular flexibility index (Phi) is 6.46. The number of carbonyl (C=O) groups is 6. The summed E-state index contributed by atoms with van der Waals surface area (Å²) in [6, 6.07) is 8.89. The number of hydrogen-bond donors (Lipinski definition) is 2. The van der Waals surface area contributed by atoms with Crippen LogP contribution in [0.4, 0.5) is 0 Å². The van der Waals surface area contributed by atoms with E-state index in [1.54, 1.807) is 0 Å². The molecule has 180 valence electrons. The quantitative estimate of drug-likeness (QED) is 0.438. The maximum atomic E-state index is 12.4. The maximum absolute atomic E-state index is 12.4. The van der Waals surface area contributed by atoms with Crippen molar-refractivity contribution in [2.45, 2.75) is 19.3 Å². The second-order valence-electron chi connectivity index (χ2n) is 8.43. The van der Waals surface area contributed by atoms with Gasteiger partial charge in [-0.25, -0.2) is 0 Å². The van der Waals surface area contributed by atoms with Crippen LogP contribution in [0, 0.1) is 0 Å². The van der Waals surface area contributed by atoms with E-state index in [9.17, 15) is 28.8 Å². The molecule has 2 aromatic carbocycles.